The van der Waals surface area contributed by atoms with Crippen LogP contribution in [0.2, 0.25) is 0 Å². The van der Waals surface area contributed by atoms with Gasteiger partial charge in [-0.2, -0.15) is 0 Å². The fraction of sp³-hybridized carbons (Fsp3) is 0.500. The van der Waals surface area contributed by atoms with Crippen LogP contribution >= 0.6 is 23.7 Å². The maximum absolute atomic E-state index is 12.9. The van der Waals surface area contributed by atoms with Gasteiger partial charge in [0.05, 0.1) is 12.0 Å². The maximum Gasteiger partial charge on any atom is 0.264 e. The van der Waals surface area contributed by atoms with Crippen molar-refractivity contribution >= 4 is 39.7 Å². The molecule has 1 aromatic carbocycles. The predicted octanol–water partition coefficient (Wildman–Crippen LogP) is 3.71. The van der Waals surface area contributed by atoms with Crippen LogP contribution in [0.5, 0.6) is 5.75 Å². The van der Waals surface area contributed by atoms with Crippen LogP contribution in [0.1, 0.15) is 28.1 Å². The quantitative estimate of drug-likeness (QED) is 0.894. The normalized spacial score (nSPS) is 15.4. The predicted molar refractivity (Wildman–Crippen MR) is 103 cm³/mol. The highest BCUT2D eigenvalue weighted by Crippen LogP contribution is 2.34. The Kier molecular flexibility index (Phi) is 6.49. The zero-order valence-corrected chi connectivity index (χ0v) is 16.1. The number of ether oxygens (including phenoxy) is 1. The van der Waals surface area contributed by atoms with Gasteiger partial charge in [-0.05, 0) is 68.4 Å². The minimum atomic E-state index is 0. The molecule has 0 aliphatic carbocycles. The van der Waals surface area contributed by atoms with Crippen molar-refractivity contribution in [2.75, 3.05) is 33.8 Å². The molecule has 0 spiro atoms. The molecule has 3 rings (SSSR count). The summed E-state index contributed by atoms with van der Waals surface area (Å²) in [6.45, 7) is 4.81. The molecule has 1 aliphatic rings. The zero-order valence-electron chi connectivity index (χ0n) is 14.4. The van der Waals surface area contributed by atoms with Crippen molar-refractivity contribution in [1.29, 1.82) is 0 Å². The fourth-order valence-corrected chi connectivity index (χ4v) is 4.46. The second-order valence-electron chi connectivity index (χ2n) is 6.21. The van der Waals surface area contributed by atoms with Crippen molar-refractivity contribution in [3.05, 3.63) is 28.6 Å². The maximum atomic E-state index is 12.9. The Hall–Kier alpha value is -1.30. The number of carbonyl (C=O) groups is 1. The zero-order chi connectivity index (χ0) is 16.4. The van der Waals surface area contributed by atoms with E-state index in [1.165, 1.54) is 0 Å². The number of fused-ring (bicyclic) bond motifs is 1. The average molecular weight is 369 g/mol. The van der Waals surface area contributed by atoms with Gasteiger partial charge in [0, 0.05) is 17.8 Å². The van der Waals surface area contributed by atoms with E-state index in [1.807, 2.05) is 37.1 Å². The molecule has 1 N–H and O–H groups in total. The summed E-state index contributed by atoms with van der Waals surface area (Å²) in [5.41, 5.74) is 1.08. The molecule has 0 saturated carbocycles. The molecule has 6 heteroatoms. The van der Waals surface area contributed by atoms with Gasteiger partial charge in [0.15, 0.2) is 0 Å². The number of amides is 1. The molecule has 2 heterocycles. The minimum absolute atomic E-state index is 0. The molecule has 1 aliphatic heterocycles. The molecule has 0 unspecified atom stereocenters. The molecule has 1 aromatic heterocycles. The Morgan fingerprint density at radius 2 is 2.08 bits per heavy atom. The lowest BCUT2D eigenvalue weighted by atomic mass is 9.96. The smallest absolute Gasteiger partial charge is 0.264 e. The summed E-state index contributed by atoms with van der Waals surface area (Å²) in [7, 11) is 3.66. The highest BCUT2D eigenvalue weighted by molar-refractivity contribution is 7.21. The van der Waals surface area contributed by atoms with Crippen LogP contribution in [-0.2, 0) is 0 Å². The first-order valence-electron chi connectivity index (χ1n) is 8.15. The van der Waals surface area contributed by atoms with Crippen LogP contribution in [0, 0.1) is 12.8 Å². The fourth-order valence-electron chi connectivity index (χ4n) is 3.30. The van der Waals surface area contributed by atoms with E-state index in [4.69, 9.17) is 4.74 Å². The average Bonchev–Trinajstić information content (AvgIpc) is 2.91. The van der Waals surface area contributed by atoms with Gasteiger partial charge in [0.25, 0.3) is 5.91 Å². The van der Waals surface area contributed by atoms with Gasteiger partial charge in [-0.25, -0.2) is 0 Å². The number of halogens is 1. The van der Waals surface area contributed by atoms with Gasteiger partial charge in [0.1, 0.15) is 5.75 Å². The molecule has 2 aromatic rings. The van der Waals surface area contributed by atoms with E-state index in [-0.39, 0.29) is 18.3 Å². The van der Waals surface area contributed by atoms with E-state index in [2.05, 4.69) is 5.32 Å². The SMILES string of the molecule is CNCC1CCN(C(=O)c2sc3ccc(OC)cc3c2C)CC1.Cl. The van der Waals surface area contributed by atoms with Crippen LogP contribution in [0.25, 0.3) is 10.1 Å². The monoisotopic (exact) mass is 368 g/mol. The molecule has 4 nitrogen and oxygen atoms in total. The van der Waals surface area contributed by atoms with Crippen molar-refractivity contribution in [2.24, 2.45) is 5.92 Å². The van der Waals surface area contributed by atoms with Crippen LogP contribution in [0.4, 0.5) is 0 Å². The van der Waals surface area contributed by atoms with E-state index in [0.717, 1.165) is 58.8 Å². The van der Waals surface area contributed by atoms with Gasteiger partial charge >= 0.3 is 0 Å². The van der Waals surface area contributed by atoms with Crippen molar-refractivity contribution in [1.82, 2.24) is 10.2 Å². The molecule has 1 amide bonds. The number of aryl methyl sites for hydroxylation is 1. The first-order valence-corrected chi connectivity index (χ1v) is 8.96. The summed E-state index contributed by atoms with van der Waals surface area (Å²) in [6, 6.07) is 6.02. The highest BCUT2D eigenvalue weighted by Gasteiger charge is 2.26. The topological polar surface area (TPSA) is 41.6 Å². The lowest BCUT2D eigenvalue weighted by Gasteiger charge is -2.31. The van der Waals surface area contributed by atoms with Gasteiger partial charge in [0.2, 0.25) is 0 Å². The number of hydrogen-bond donors (Lipinski definition) is 1. The summed E-state index contributed by atoms with van der Waals surface area (Å²) in [5.74, 6) is 1.72. The summed E-state index contributed by atoms with van der Waals surface area (Å²) in [5, 5.41) is 4.37. The summed E-state index contributed by atoms with van der Waals surface area (Å²) >= 11 is 1.60. The number of rotatable bonds is 4. The number of carbonyl (C=O) groups excluding carboxylic acids is 1. The van der Waals surface area contributed by atoms with Crippen molar-refractivity contribution in [3.8, 4) is 5.75 Å². The standard InChI is InChI=1S/C18H24N2O2S.ClH/c1-12-15-10-14(22-3)4-5-16(15)23-17(12)18(21)20-8-6-13(7-9-20)11-19-2;/h4-5,10,13,19H,6-9,11H2,1-3H3;1H. The van der Waals surface area contributed by atoms with E-state index in [9.17, 15) is 4.79 Å². The summed E-state index contributed by atoms with van der Waals surface area (Å²) in [4.78, 5) is 15.8. The number of nitrogens with one attached hydrogen (secondary N) is 1. The van der Waals surface area contributed by atoms with Gasteiger partial charge < -0.3 is 15.0 Å². The third-order valence-electron chi connectivity index (χ3n) is 4.73. The number of thiophene rings is 1. The van der Waals surface area contributed by atoms with E-state index in [1.54, 1.807) is 18.4 Å². The Balaban J connectivity index is 0.00000208. The largest absolute Gasteiger partial charge is 0.497 e. The Labute approximate surface area is 153 Å². The number of methoxy groups -OCH3 is 1. The van der Waals surface area contributed by atoms with Crippen molar-refractivity contribution in [3.63, 3.8) is 0 Å². The molecule has 24 heavy (non-hydrogen) atoms. The third-order valence-corrected chi connectivity index (χ3v) is 5.99. The first-order chi connectivity index (χ1) is 11.1. The Morgan fingerprint density at radius 1 is 1.38 bits per heavy atom. The molecular formula is C18H25ClN2O2S. The summed E-state index contributed by atoms with van der Waals surface area (Å²) in [6.07, 6.45) is 2.18. The lowest BCUT2D eigenvalue weighted by molar-refractivity contribution is 0.0695. The van der Waals surface area contributed by atoms with Crippen LogP contribution in [0.15, 0.2) is 18.2 Å². The molecule has 1 fully saturated rings. The van der Waals surface area contributed by atoms with Crippen molar-refractivity contribution < 1.29 is 9.53 Å². The molecular weight excluding hydrogens is 344 g/mol. The molecule has 1 saturated heterocycles. The molecule has 0 bridgehead atoms. The lowest BCUT2D eigenvalue weighted by Crippen LogP contribution is -2.40. The van der Waals surface area contributed by atoms with Gasteiger partial charge in [-0.3, -0.25) is 4.79 Å². The van der Waals surface area contributed by atoms with Crippen LogP contribution in [0.3, 0.4) is 0 Å². The Bertz CT molecular complexity index is 708. The number of likely N-dealkylation sites (tertiary alicyclic amines) is 1. The highest BCUT2D eigenvalue weighted by atomic mass is 35.5. The Morgan fingerprint density at radius 3 is 2.71 bits per heavy atom. The van der Waals surface area contributed by atoms with Crippen LogP contribution in [-0.4, -0.2) is 44.6 Å². The number of piperidine rings is 1. The van der Waals surface area contributed by atoms with E-state index < -0.39 is 0 Å². The minimum Gasteiger partial charge on any atom is -0.497 e. The second-order valence-corrected chi connectivity index (χ2v) is 7.26. The first kappa shape index (κ1) is 19.0. The third kappa shape index (κ3) is 3.68. The van der Waals surface area contributed by atoms with Gasteiger partial charge in [-0.15, -0.1) is 23.7 Å². The summed E-state index contributed by atoms with van der Waals surface area (Å²) < 4.78 is 6.45. The number of nitrogens with zero attached hydrogens (tertiary/aromatic N) is 1. The van der Waals surface area contributed by atoms with Crippen LogP contribution < -0.4 is 10.1 Å². The van der Waals surface area contributed by atoms with Crippen molar-refractivity contribution in [2.45, 2.75) is 19.8 Å². The molecule has 0 atom stereocenters. The second kappa shape index (κ2) is 8.19. The number of hydrogen-bond acceptors (Lipinski definition) is 4. The molecule has 132 valence electrons. The molecule has 0 radical (unpaired) electrons. The van der Waals surface area contributed by atoms with E-state index >= 15 is 0 Å². The van der Waals surface area contributed by atoms with E-state index in [0.29, 0.717) is 5.92 Å². The van der Waals surface area contributed by atoms with Gasteiger partial charge in [-0.1, -0.05) is 0 Å². The number of benzene rings is 1.